The van der Waals surface area contributed by atoms with Gasteiger partial charge in [0.2, 0.25) is 11.8 Å². The Morgan fingerprint density at radius 1 is 1.33 bits per heavy atom. The van der Waals surface area contributed by atoms with Crippen LogP contribution in [0.25, 0.3) is 0 Å². The van der Waals surface area contributed by atoms with Crippen molar-refractivity contribution < 1.29 is 4.74 Å². The van der Waals surface area contributed by atoms with Gasteiger partial charge in [-0.1, -0.05) is 13.3 Å². The van der Waals surface area contributed by atoms with Crippen LogP contribution in [0.1, 0.15) is 45.4 Å². The first-order chi connectivity index (χ1) is 10.3. The van der Waals surface area contributed by atoms with Crippen LogP contribution in [-0.2, 0) is 0 Å². The summed E-state index contributed by atoms with van der Waals surface area (Å²) in [7, 11) is 2.28. The zero-order chi connectivity index (χ0) is 14.7. The van der Waals surface area contributed by atoms with E-state index < -0.39 is 0 Å². The minimum atomic E-state index is 0.484. The van der Waals surface area contributed by atoms with Crippen LogP contribution in [0.4, 0.5) is 5.95 Å². The maximum atomic E-state index is 5.58. The van der Waals surface area contributed by atoms with Gasteiger partial charge >= 0.3 is 0 Å². The molecular formula is C16H26N4O. The predicted octanol–water partition coefficient (Wildman–Crippen LogP) is 2.69. The SMILES string of the molecule is CCCOc1ccnc(NC2CC3CCCC(C2)N3C)n1. The topological polar surface area (TPSA) is 50.3 Å². The number of fused-ring (bicyclic) bond motifs is 2. The highest BCUT2D eigenvalue weighted by atomic mass is 16.5. The lowest BCUT2D eigenvalue weighted by Gasteiger charge is -2.47. The zero-order valence-electron chi connectivity index (χ0n) is 13.1. The fourth-order valence-electron chi connectivity index (χ4n) is 3.61. The molecule has 2 bridgehead atoms. The van der Waals surface area contributed by atoms with Crippen molar-refractivity contribution in [1.29, 1.82) is 0 Å². The van der Waals surface area contributed by atoms with Gasteiger partial charge in [0.05, 0.1) is 6.61 Å². The van der Waals surface area contributed by atoms with Gasteiger partial charge in [0.15, 0.2) is 0 Å². The summed E-state index contributed by atoms with van der Waals surface area (Å²) in [6.07, 6.45) is 9.18. The van der Waals surface area contributed by atoms with Crippen molar-refractivity contribution in [2.45, 2.75) is 63.6 Å². The van der Waals surface area contributed by atoms with E-state index in [-0.39, 0.29) is 0 Å². The molecule has 2 aliphatic rings. The van der Waals surface area contributed by atoms with Gasteiger partial charge in [-0.2, -0.15) is 4.98 Å². The fraction of sp³-hybridized carbons (Fsp3) is 0.750. The van der Waals surface area contributed by atoms with Crippen molar-refractivity contribution in [2.75, 3.05) is 19.0 Å². The Balaban J connectivity index is 1.61. The molecule has 116 valence electrons. The van der Waals surface area contributed by atoms with Crippen LogP contribution in [0.2, 0.25) is 0 Å². The summed E-state index contributed by atoms with van der Waals surface area (Å²) < 4.78 is 5.58. The third kappa shape index (κ3) is 3.46. The van der Waals surface area contributed by atoms with Gasteiger partial charge in [-0.25, -0.2) is 4.98 Å². The van der Waals surface area contributed by atoms with Crippen molar-refractivity contribution in [1.82, 2.24) is 14.9 Å². The van der Waals surface area contributed by atoms with Gasteiger partial charge in [0, 0.05) is 30.4 Å². The van der Waals surface area contributed by atoms with E-state index in [2.05, 4.69) is 34.2 Å². The predicted molar refractivity (Wildman–Crippen MR) is 83.7 cm³/mol. The van der Waals surface area contributed by atoms with Crippen LogP contribution in [0.5, 0.6) is 5.88 Å². The van der Waals surface area contributed by atoms with E-state index in [0.29, 0.717) is 24.5 Å². The van der Waals surface area contributed by atoms with Gasteiger partial charge < -0.3 is 15.0 Å². The number of nitrogens with one attached hydrogen (secondary N) is 1. The lowest BCUT2D eigenvalue weighted by atomic mass is 9.82. The van der Waals surface area contributed by atoms with E-state index in [0.717, 1.165) is 18.5 Å². The summed E-state index contributed by atoms with van der Waals surface area (Å²) >= 11 is 0. The molecule has 5 nitrogen and oxygen atoms in total. The van der Waals surface area contributed by atoms with Gasteiger partial charge in [0.25, 0.3) is 0 Å². The number of aromatic nitrogens is 2. The highest BCUT2D eigenvalue weighted by Gasteiger charge is 2.36. The van der Waals surface area contributed by atoms with E-state index in [1.807, 2.05) is 6.07 Å². The molecule has 21 heavy (non-hydrogen) atoms. The Morgan fingerprint density at radius 3 is 2.81 bits per heavy atom. The Hall–Kier alpha value is -1.36. The van der Waals surface area contributed by atoms with E-state index in [9.17, 15) is 0 Å². The average Bonchev–Trinajstić information content (AvgIpc) is 2.47. The molecule has 1 aromatic heterocycles. The van der Waals surface area contributed by atoms with Crippen LogP contribution < -0.4 is 10.1 Å². The lowest BCUT2D eigenvalue weighted by molar-refractivity contribution is 0.0607. The minimum absolute atomic E-state index is 0.484. The molecule has 2 atom stereocenters. The van der Waals surface area contributed by atoms with Gasteiger partial charge in [0.1, 0.15) is 0 Å². The molecule has 3 rings (SSSR count). The maximum Gasteiger partial charge on any atom is 0.226 e. The van der Waals surface area contributed by atoms with Crippen LogP contribution in [0.15, 0.2) is 12.3 Å². The Labute approximate surface area is 127 Å². The highest BCUT2D eigenvalue weighted by molar-refractivity contribution is 5.29. The largest absolute Gasteiger partial charge is 0.478 e. The molecule has 1 N–H and O–H groups in total. The number of ether oxygens (including phenoxy) is 1. The van der Waals surface area contributed by atoms with Crippen LogP contribution in [0, 0.1) is 0 Å². The Morgan fingerprint density at radius 2 is 2.10 bits per heavy atom. The molecule has 0 spiro atoms. The molecule has 3 heterocycles. The number of nitrogens with zero attached hydrogens (tertiary/aromatic N) is 3. The minimum Gasteiger partial charge on any atom is -0.478 e. The first kappa shape index (κ1) is 14.6. The quantitative estimate of drug-likeness (QED) is 0.903. The van der Waals surface area contributed by atoms with Crippen LogP contribution in [-0.4, -0.2) is 46.6 Å². The second-order valence-electron chi connectivity index (χ2n) is 6.28. The first-order valence-electron chi connectivity index (χ1n) is 8.20. The monoisotopic (exact) mass is 290 g/mol. The molecule has 2 unspecified atom stereocenters. The van der Waals surface area contributed by atoms with Gasteiger partial charge in [-0.15, -0.1) is 0 Å². The highest BCUT2D eigenvalue weighted by Crippen LogP contribution is 2.33. The summed E-state index contributed by atoms with van der Waals surface area (Å²) in [6.45, 7) is 2.80. The Kier molecular flexibility index (Phi) is 4.58. The molecular weight excluding hydrogens is 264 g/mol. The van der Waals surface area contributed by atoms with E-state index >= 15 is 0 Å². The lowest BCUT2D eigenvalue weighted by Crippen LogP contribution is -2.52. The number of hydrogen-bond acceptors (Lipinski definition) is 5. The number of piperidine rings is 2. The second kappa shape index (κ2) is 6.60. The number of hydrogen-bond donors (Lipinski definition) is 1. The first-order valence-corrected chi connectivity index (χ1v) is 8.20. The summed E-state index contributed by atoms with van der Waals surface area (Å²) in [6, 6.07) is 3.74. The molecule has 0 radical (unpaired) electrons. The van der Waals surface area contributed by atoms with Crippen molar-refractivity contribution >= 4 is 5.95 Å². The van der Waals surface area contributed by atoms with Crippen molar-refractivity contribution in [2.24, 2.45) is 0 Å². The summed E-state index contributed by atoms with van der Waals surface area (Å²) in [4.78, 5) is 11.4. The van der Waals surface area contributed by atoms with E-state index in [1.54, 1.807) is 6.20 Å². The van der Waals surface area contributed by atoms with E-state index in [4.69, 9.17) is 4.74 Å². The normalized spacial score (nSPS) is 29.1. The zero-order valence-corrected chi connectivity index (χ0v) is 13.1. The fourth-order valence-corrected chi connectivity index (χ4v) is 3.61. The molecule has 5 heteroatoms. The van der Waals surface area contributed by atoms with Crippen LogP contribution in [0.3, 0.4) is 0 Å². The molecule has 2 fully saturated rings. The third-order valence-electron chi connectivity index (χ3n) is 4.76. The van der Waals surface area contributed by atoms with Crippen molar-refractivity contribution in [3.63, 3.8) is 0 Å². The Bertz CT molecular complexity index is 453. The second-order valence-corrected chi connectivity index (χ2v) is 6.28. The number of anilines is 1. The summed E-state index contributed by atoms with van der Waals surface area (Å²) in [5.41, 5.74) is 0. The number of rotatable bonds is 5. The molecule has 0 amide bonds. The summed E-state index contributed by atoms with van der Waals surface area (Å²) in [5, 5.41) is 3.52. The molecule has 1 aromatic rings. The third-order valence-corrected chi connectivity index (χ3v) is 4.76. The average molecular weight is 290 g/mol. The molecule has 2 saturated heterocycles. The maximum absolute atomic E-state index is 5.58. The molecule has 2 aliphatic heterocycles. The molecule has 0 saturated carbocycles. The van der Waals surface area contributed by atoms with E-state index in [1.165, 1.54) is 32.1 Å². The van der Waals surface area contributed by atoms with Crippen molar-refractivity contribution in [3.05, 3.63) is 12.3 Å². The van der Waals surface area contributed by atoms with Gasteiger partial charge in [-0.3, -0.25) is 0 Å². The smallest absolute Gasteiger partial charge is 0.226 e. The standard InChI is InChI=1S/C16H26N4O/c1-3-9-21-15-7-8-17-16(19-15)18-12-10-13-5-4-6-14(11-12)20(13)2/h7-8,12-14H,3-6,9-11H2,1-2H3,(H,17,18,19). The molecule has 0 aliphatic carbocycles. The summed E-state index contributed by atoms with van der Waals surface area (Å²) in [5.74, 6) is 1.37. The molecule has 0 aromatic carbocycles. The van der Waals surface area contributed by atoms with Crippen molar-refractivity contribution in [3.8, 4) is 5.88 Å². The van der Waals surface area contributed by atoms with Gasteiger partial charge in [-0.05, 0) is 39.2 Å². The van der Waals surface area contributed by atoms with Crippen LogP contribution >= 0.6 is 0 Å².